The van der Waals surface area contributed by atoms with E-state index >= 15 is 0 Å². The number of benzene rings is 1. The second-order valence-corrected chi connectivity index (χ2v) is 5.90. The summed E-state index contributed by atoms with van der Waals surface area (Å²) >= 11 is 0. The summed E-state index contributed by atoms with van der Waals surface area (Å²) in [6.45, 7) is 1.84. The Hall–Kier alpha value is -2.88. The lowest BCUT2D eigenvalue weighted by Gasteiger charge is -2.21. The molecule has 7 heteroatoms. The summed E-state index contributed by atoms with van der Waals surface area (Å²) in [7, 11) is 0. The van der Waals surface area contributed by atoms with E-state index in [4.69, 9.17) is 10.00 Å². The molecule has 1 aromatic rings. The Labute approximate surface area is 146 Å². The molecular formula is C18H21N3O4. The van der Waals surface area contributed by atoms with Crippen LogP contribution in [0.3, 0.4) is 0 Å². The number of nitrogens with zero attached hydrogens (tertiary/aromatic N) is 2. The number of hydrogen-bond donors (Lipinski definition) is 1. The predicted molar refractivity (Wildman–Crippen MR) is 90.4 cm³/mol. The summed E-state index contributed by atoms with van der Waals surface area (Å²) in [5.74, 6) is -1.21. The molecule has 2 rings (SSSR count). The van der Waals surface area contributed by atoms with Crippen LogP contribution in [0.1, 0.15) is 38.2 Å². The van der Waals surface area contributed by atoms with Crippen LogP contribution in [0.4, 0.5) is 5.69 Å². The van der Waals surface area contributed by atoms with Gasteiger partial charge in [-0.25, -0.2) is 0 Å². The van der Waals surface area contributed by atoms with E-state index in [1.54, 1.807) is 24.3 Å². The van der Waals surface area contributed by atoms with Crippen molar-refractivity contribution in [2.24, 2.45) is 0 Å². The third-order valence-corrected chi connectivity index (χ3v) is 3.97. The fraction of sp³-hybridized carbons (Fsp3) is 0.444. The van der Waals surface area contributed by atoms with Crippen LogP contribution in [-0.2, 0) is 19.1 Å². The maximum absolute atomic E-state index is 12.1. The van der Waals surface area contributed by atoms with Gasteiger partial charge in [0.25, 0.3) is 5.91 Å². The molecule has 1 fully saturated rings. The van der Waals surface area contributed by atoms with E-state index in [0.717, 1.165) is 19.3 Å². The van der Waals surface area contributed by atoms with Crippen molar-refractivity contribution in [3.63, 3.8) is 0 Å². The number of hydrogen-bond acceptors (Lipinski definition) is 5. The molecule has 0 aliphatic carbocycles. The molecule has 1 saturated heterocycles. The van der Waals surface area contributed by atoms with Gasteiger partial charge in [-0.05, 0) is 31.9 Å². The zero-order chi connectivity index (χ0) is 18.2. The van der Waals surface area contributed by atoms with Crippen molar-refractivity contribution in [1.82, 2.24) is 4.90 Å². The maximum Gasteiger partial charge on any atom is 0.326 e. The smallest absolute Gasteiger partial charge is 0.326 e. The van der Waals surface area contributed by atoms with Gasteiger partial charge in [-0.1, -0.05) is 18.6 Å². The standard InChI is InChI=1S/C18H21N3O4/c1-13(18(24)20-15-8-5-4-7-14(15)11-19)25-17(23)12-21-10-6-2-3-9-16(21)22/h4-5,7-8,13H,2-3,6,9-10,12H2,1H3,(H,20,24)/t13-/m1/s1. The maximum atomic E-state index is 12.1. The normalized spacial score (nSPS) is 15.7. The first kappa shape index (κ1) is 18.5. The Morgan fingerprint density at radius 1 is 1.32 bits per heavy atom. The number of esters is 1. The van der Waals surface area contributed by atoms with Crippen LogP contribution >= 0.6 is 0 Å². The monoisotopic (exact) mass is 343 g/mol. The lowest BCUT2D eigenvalue weighted by molar-refractivity contribution is -0.156. The SMILES string of the molecule is C[C@@H](OC(=O)CN1CCCCCC1=O)C(=O)Nc1ccccc1C#N. The fourth-order valence-electron chi connectivity index (χ4n) is 2.57. The lowest BCUT2D eigenvalue weighted by atomic mass is 10.2. The molecule has 0 bridgehead atoms. The highest BCUT2D eigenvalue weighted by molar-refractivity contribution is 5.96. The molecule has 0 spiro atoms. The van der Waals surface area contributed by atoms with Crippen molar-refractivity contribution in [3.8, 4) is 6.07 Å². The molecule has 1 aromatic carbocycles. The minimum Gasteiger partial charge on any atom is -0.451 e. The van der Waals surface area contributed by atoms with Crippen LogP contribution in [0.15, 0.2) is 24.3 Å². The van der Waals surface area contributed by atoms with Gasteiger partial charge in [-0.3, -0.25) is 14.4 Å². The van der Waals surface area contributed by atoms with Gasteiger partial charge in [0.15, 0.2) is 6.10 Å². The van der Waals surface area contributed by atoms with Gasteiger partial charge < -0.3 is 15.0 Å². The van der Waals surface area contributed by atoms with E-state index in [9.17, 15) is 14.4 Å². The quantitative estimate of drug-likeness (QED) is 0.822. The number of amides is 2. The largest absolute Gasteiger partial charge is 0.451 e. The first-order valence-electron chi connectivity index (χ1n) is 8.28. The minimum atomic E-state index is -1.03. The summed E-state index contributed by atoms with van der Waals surface area (Å²) in [5.41, 5.74) is 0.685. The van der Waals surface area contributed by atoms with E-state index in [1.165, 1.54) is 11.8 Å². The predicted octanol–water partition coefficient (Wildman–Crippen LogP) is 1.83. The number of nitriles is 1. The molecule has 25 heavy (non-hydrogen) atoms. The van der Waals surface area contributed by atoms with Crippen LogP contribution in [0.25, 0.3) is 0 Å². The number of anilines is 1. The third kappa shape index (κ3) is 5.31. The first-order valence-corrected chi connectivity index (χ1v) is 8.28. The molecule has 2 amide bonds. The number of rotatable bonds is 5. The van der Waals surface area contributed by atoms with Crippen LogP contribution in [0.5, 0.6) is 0 Å². The molecule has 1 heterocycles. The number of ether oxygens (including phenoxy) is 1. The second-order valence-electron chi connectivity index (χ2n) is 5.90. The van der Waals surface area contributed by atoms with Crippen LogP contribution in [-0.4, -0.2) is 41.9 Å². The molecule has 1 N–H and O–H groups in total. The molecular weight excluding hydrogens is 322 g/mol. The average Bonchev–Trinajstić information content (AvgIpc) is 2.79. The zero-order valence-electron chi connectivity index (χ0n) is 14.2. The van der Waals surface area contributed by atoms with Gasteiger partial charge in [0.2, 0.25) is 5.91 Å². The van der Waals surface area contributed by atoms with Crippen molar-refractivity contribution in [2.75, 3.05) is 18.4 Å². The molecule has 132 valence electrons. The number of para-hydroxylation sites is 1. The Morgan fingerprint density at radius 2 is 2.08 bits per heavy atom. The van der Waals surface area contributed by atoms with Gasteiger partial charge in [-0.15, -0.1) is 0 Å². The minimum absolute atomic E-state index is 0.0606. The first-order chi connectivity index (χ1) is 12.0. The van der Waals surface area contributed by atoms with Crippen LogP contribution in [0.2, 0.25) is 0 Å². The molecule has 0 unspecified atom stereocenters. The fourth-order valence-corrected chi connectivity index (χ4v) is 2.57. The summed E-state index contributed by atoms with van der Waals surface area (Å²) in [6, 6.07) is 8.54. The van der Waals surface area contributed by atoms with Gasteiger partial charge in [0, 0.05) is 13.0 Å². The molecule has 7 nitrogen and oxygen atoms in total. The highest BCUT2D eigenvalue weighted by Crippen LogP contribution is 2.14. The van der Waals surface area contributed by atoms with Gasteiger partial charge in [0.1, 0.15) is 12.6 Å². The van der Waals surface area contributed by atoms with E-state index < -0.39 is 18.0 Å². The zero-order valence-corrected chi connectivity index (χ0v) is 14.2. The molecule has 0 saturated carbocycles. The number of nitrogens with one attached hydrogen (secondary N) is 1. The van der Waals surface area contributed by atoms with E-state index in [2.05, 4.69) is 5.32 Å². The number of carbonyl (C=O) groups is 3. The molecule has 1 aliphatic rings. The Kier molecular flexibility index (Phi) is 6.52. The van der Waals surface area contributed by atoms with Crippen molar-refractivity contribution < 1.29 is 19.1 Å². The average molecular weight is 343 g/mol. The topological polar surface area (TPSA) is 99.5 Å². The van der Waals surface area contributed by atoms with Gasteiger partial charge in [-0.2, -0.15) is 5.26 Å². The summed E-state index contributed by atoms with van der Waals surface area (Å²) in [6.07, 6.45) is 2.07. The second kappa shape index (κ2) is 8.83. The van der Waals surface area contributed by atoms with Crippen LogP contribution in [0, 0.1) is 11.3 Å². The highest BCUT2D eigenvalue weighted by atomic mass is 16.5. The molecule has 0 radical (unpaired) electrons. The van der Waals surface area contributed by atoms with Crippen molar-refractivity contribution in [1.29, 1.82) is 5.26 Å². The van der Waals surface area contributed by atoms with E-state index in [1.807, 2.05) is 6.07 Å². The third-order valence-electron chi connectivity index (χ3n) is 3.97. The van der Waals surface area contributed by atoms with Crippen molar-refractivity contribution >= 4 is 23.5 Å². The summed E-state index contributed by atoms with van der Waals surface area (Å²) < 4.78 is 5.12. The van der Waals surface area contributed by atoms with Gasteiger partial charge in [0.05, 0.1) is 11.3 Å². The number of carbonyl (C=O) groups excluding carboxylic acids is 3. The summed E-state index contributed by atoms with van der Waals surface area (Å²) in [5, 5.41) is 11.6. The van der Waals surface area contributed by atoms with E-state index in [-0.39, 0.29) is 12.5 Å². The highest BCUT2D eigenvalue weighted by Gasteiger charge is 2.23. The molecule has 0 aromatic heterocycles. The Morgan fingerprint density at radius 3 is 2.84 bits per heavy atom. The van der Waals surface area contributed by atoms with E-state index in [0.29, 0.717) is 24.2 Å². The lowest BCUT2D eigenvalue weighted by Crippen LogP contribution is -2.38. The van der Waals surface area contributed by atoms with Crippen molar-refractivity contribution in [2.45, 2.75) is 38.7 Å². The van der Waals surface area contributed by atoms with Crippen LogP contribution < -0.4 is 5.32 Å². The molecule has 1 aliphatic heterocycles. The number of likely N-dealkylation sites (tertiary alicyclic amines) is 1. The molecule has 1 atom stereocenters. The summed E-state index contributed by atoms with van der Waals surface area (Å²) in [4.78, 5) is 37.5. The Bertz CT molecular complexity index is 696. The van der Waals surface area contributed by atoms with Crippen molar-refractivity contribution in [3.05, 3.63) is 29.8 Å². The Balaban J connectivity index is 1.88. The van der Waals surface area contributed by atoms with Gasteiger partial charge >= 0.3 is 5.97 Å².